The number of carbonyl (C=O) groups excluding carboxylic acids is 2. The Hall–Kier alpha value is -3.98. The summed E-state index contributed by atoms with van der Waals surface area (Å²) in [6, 6.07) is 17.7. The van der Waals surface area contributed by atoms with E-state index in [1.54, 1.807) is 24.3 Å². The number of nitriles is 1. The van der Waals surface area contributed by atoms with Gasteiger partial charge in [-0.05, 0) is 48.4 Å². The molecule has 28 heavy (non-hydrogen) atoms. The van der Waals surface area contributed by atoms with E-state index >= 15 is 0 Å². The first-order chi connectivity index (χ1) is 13.6. The largest absolute Gasteiger partial charge is 0.322 e. The summed E-state index contributed by atoms with van der Waals surface area (Å²) in [5.74, 6) is -0.762. The maximum atomic E-state index is 12.5. The van der Waals surface area contributed by atoms with E-state index in [9.17, 15) is 9.59 Å². The molecule has 2 amide bonds. The summed E-state index contributed by atoms with van der Waals surface area (Å²) in [4.78, 5) is 28.9. The molecule has 3 rings (SSSR count). The second-order valence-corrected chi connectivity index (χ2v) is 6.11. The lowest BCUT2D eigenvalue weighted by Gasteiger charge is -2.08. The third kappa shape index (κ3) is 4.59. The Morgan fingerprint density at radius 2 is 1.57 bits per heavy atom. The molecular weight excluding hydrogens is 352 g/mol. The zero-order valence-electron chi connectivity index (χ0n) is 15.3. The van der Waals surface area contributed by atoms with Gasteiger partial charge in [0.1, 0.15) is 0 Å². The van der Waals surface area contributed by atoms with E-state index in [0.29, 0.717) is 16.9 Å². The summed E-state index contributed by atoms with van der Waals surface area (Å²) in [6.07, 6.45) is 3.71. The van der Waals surface area contributed by atoms with Gasteiger partial charge >= 0.3 is 0 Å². The van der Waals surface area contributed by atoms with Gasteiger partial charge in [0.25, 0.3) is 11.8 Å². The van der Waals surface area contributed by atoms with Gasteiger partial charge in [0.2, 0.25) is 0 Å². The van der Waals surface area contributed by atoms with Gasteiger partial charge in [0.05, 0.1) is 22.8 Å². The predicted octanol–water partition coefficient (Wildman–Crippen LogP) is 4.02. The normalized spacial score (nSPS) is 10.0. The summed E-state index contributed by atoms with van der Waals surface area (Å²) in [7, 11) is 0. The maximum Gasteiger partial charge on any atom is 0.257 e. The number of carbonyl (C=O) groups is 2. The summed E-state index contributed by atoms with van der Waals surface area (Å²) in [5.41, 5.74) is 3.31. The van der Waals surface area contributed by atoms with Crippen molar-refractivity contribution in [1.29, 1.82) is 5.26 Å². The first kappa shape index (κ1) is 18.8. The molecule has 3 aromatic rings. The smallest absolute Gasteiger partial charge is 0.257 e. The Kier molecular flexibility index (Phi) is 5.78. The molecule has 0 aliphatic rings. The van der Waals surface area contributed by atoms with Gasteiger partial charge in [0, 0.05) is 23.8 Å². The van der Waals surface area contributed by atoms with E-state index in [-0.39, 0.29) is 17.0 Å². The first-order valence-corrected chi connectivity index (χ1v) is 8.76. The van der Waals surface area contributed by atoms with Crippen LogP contribution < -0.4 is 10.6 Å². The van der Waals surface area contributed by atoms with E-state index < -0.39 is 5.91 Å². The van der Waals surface area contributed by atoms with Crippen LogP contribution in [0.15, 0.2) is 67.0 Å². The third-order valence-corrected chi connectivity index (χ3v) is 4.13. The highest BCUT2D eigenvalue weighted by atomic mass is 16.2. The number of nitrogens with one attached hydrogen (secondary N) is 2. The number of nitrogens with zero attached hydrogens (tertiary/aromatic N) is 2. The topological polar surface area (TPSA) is 94.9 Å². The van der Waals surface area contributed by atoms with Crippen LogP contribution in [-0.4, -0.2) is 16.8 Å². The van der Waals surface area contributed by atoms with Crippen molar-refractivity contribution in [2.45, 2.75) is 13.3 Å². The van der Waals surface area contributed by atoms with Crippen molar-refractivity contribution >= 4 is 23.2 Å². The van der Waals surface area contributed by atoms with Gasteiger partial charge in [-0.15, -0.1) is 0 Å². The van der Waals surface area contributed by atoms with Crippen LogP contribution in [0.1, 0.15) is 38.8 Å². The van der Waals surface area contributed by atoms with E-state index in [1.807, 2.05) is 30.3 Å². The van der Waals surface area contributed by atoms with Crippen LogP contribution in [0, 0.1) is 11.3 Å². The summed E-state index contributed by atoms with van der Waals surface area (Å²) >= 11 is 0. The van der Waals surface area contributed by atoms with Gasteiger partial charge in [-0.1, -0.05) is 25.1 Å². The molecule has 2 N–H and O–H groups in total. The van der Waals surface area contributed by atoms with Crippen LogP contribution in [0.3, 0.4) is 0 Å². The van der Waals surface area contributed by atoms with Crippen LogP contribution in [-0.2, 0) is 6.42 Å². The molecule has 0 radical (unpaired) electrons. The van der Waals surface area contributed by atoms with Crippen LogP contribution in [0.2, 0.25) is 0 Å². The molecule has 0 atom stereocenters. The molecule has 0 bridgehead atoms. The zero-order valence-corrected chi connectivity index (χ0v) is 15.3. The minimum atomic E-state index is -0.412. The van der Waals surface area contributed by atoms with Crippen molar-refractivity contribution in [3.8, 4) is 6.07 Å². The van der Waals surface area contributed by atoms with Gasteiger partial charge in [-0.2, -0.15) is 5.26 Å². The quantitative estimate of drug-likeness (QED) is 0.709. The summed E-state index contributed by atoms with van der Waals surface area (Å²) < 4.78 is 0. The second-order valence-electron chi connectivity index (χ2n) is 6.11. The number of pyridine rings is 1. The molecule has 0 saturated heterocycles. The molecule has 6 nitrogen and oxygen atoms in total. The average Bonchev–Trinajstić information content (AvgIpc) is 2.74. The zero-order chi connectivity index (χ0) is 19.9. The van der Waals surface area contributed by atoms with Crippen LogP contribution in [0.25, 0.3) is 0 Å². The van der Waals surface area contributed by atoms with Crippen LogP contribution >= 0.6 is 0 Å². The fourth-order valence-corrected chi connectivity index (χ4v) is 2.59. The highest BCUT2D eigenvalue weighted by Crippen LogP contribution is 2.14. The fourth-order valence-electron chi connectivity index (χ4n) is 2.59. The Labute approximate surface area is 162 Å². The molecule has 2 aromatic carbocycles. The average molecular weight is 370 g/mol. The number of benzene rings is 2. The van der Waals surface area contributed by atoms with E-state index in [2.05, 4.69) is 22.5 Å². The van der Waals surface area contributed by atoms with Crippen molar-refractivity contribution in [3.05, 3.63) is 89.2 Å². The van der Waals surface area contributed by atoms with Crippen LogP contribution in [0.4, 0.5) is 11.4 Å². The lowest BCUT2D eigenvalue weighted by molar-refractivity contribution is 0.102. The standard InChI is InChI=1S/C22H18N4O2/c1-2-15-6-8-19(9-7-15)25-21(27)17-11-18(14-24-13-17)22(28)26-20-5-3-4-16(10-20)12-23/h3-11,13-14H,2H2,1H3,(H,25,27)(H,26,28). The molecule has 0 fully saturated rings. The number of amides is 2. The number of aromatic nitrogens is 1. The lowest BCUT2D eigenvalue weighted by Crippen LogP contribution is -2.16. The molecule has 1 heterocycles. The Bertz CT molecular complexity index is 1050. The van der Waals surface area contributed by atoms with Crippen molar-refractivity contribution in [2.24, 2.45) is 0 Å². The van der Waals surface area contributed by atoms with Crippen molar-refractivity contribution in [3.63, 3.8) is 0 Å². The number of aryl methyl sites for hydroxylation is 1. The Morgan fingerprint density at radius 1 is 0.929 bits per heavy atom. The van der Waals surface area contributed by atoms with Gasteiger partial charge in [-0.3, -0.25) is 14.6 Å². The van der Waals surface area contributed by atoms with Crippen LogP contribution in [0.5, 0.6) is 0 Å². The molecule has 138 valence electrons. The minimum Gasteiger partial charge on any atom is -0.322 e. The van der Waals surface area contributed by atoms with E-state index in [0.717, 1.165) is 6.42 Å². The number of rotatable bonds is 5. The molecule has 0 unspecified atom stereocenters. The predicted molar refractivity (Wildman–Crippen MR) is 107 cm³/mol. The van der Waals surface area contributed by atoms with Crippen molar-refractivity contribution < 1.29 is 9.59 Å². The lowest BCUT2D eigenvalue weighted by atomic mass is 10.1. The molecule has 0 spiro atoms. The molecule has 6 heteroatoms. The van der Waals surface area contributed by atoms with E-state index in [4.69, 9.17) is 5.26 Å². The summed E-state index contributed by atoms with van der Waals surface area (Å²) in [5, 5.41) is 14.4. The number of hydrogen-bond donors (Lipinski definition) is 2. The number of anilines is 2. The highest BCUT2D eigenvalue weighted by Gasteiger charge is 2.12. The van der Waals surface area contributed by atoms with Crippen molar-refractivity contribution in [1.82, 2.24) is 4.98 Å². The van der Waals surface area contributed by atoms with E-state index in [1.165, 1.54) is 24.0 Å². The monoisotopic (exact) mass is 370 g/mol. The second kappa shape index (κ2) is 8.60. The van der Waals surface area contributed by atoms with Gasteiger partial charge in [-0.25, -0.2) is 0 Å². The minimum absolute atomic E-state index is 0.247. The molecule has 1 aromatic heterocycles. The molecular formula is C22H18N4O2. The fraction of sp³-hybridized carbons (Fsp3) is 0.0909. The van der Waals surface area contributed by atoms with Gasteiger partial charge in [0.15, 0.2) is 0 Å². The maximum absolute atomic E-state index is 12.5. The Balaban J connectivity index is 1.72. The Morgan fingerprint density at radius 3 is 2.18 bits per heavy atom. The number of hydrogen-bond acceptors (Lipinski definition) is 4. The summed E-state index contributed by atoms with van der Waals surface area (Å²) in [6.45, 7) is 2.06. The SMILES string of the molecule is CCc1ccc(NC(=O)c2cncc(C(=O)Nc3cccc(C#N)c3)c2)cc1. The van der Waals surface area contributed by atoms with Gasteiger partial charge < -0.3 is 10.6 Å². The molecule has 0 aliphatic heterocycles. The van der Waals surface area contributed by atoms with Crippen molar-refractivity contribution in [2.75, 3.05) is 10.6 Å². The highest BCUT2D eigenvalue weighted by molar-refractivity contribution is 6.08. The first-order valence-electron chi connectivity index (χ1n) is 8.76. The third-order valence-electron chi connectivity index (χ3n) is 4.13. The molecule has 0 aliphatic carbocycles. The molecule has 0 saturated carbocycles.